The molecule has 2 aromatic rings. The summed E-state index contributed by atoms with van der Waals surface area (Å²) in [4.78, 5) is 25.2. The van der Waals surface area contributed by atoms with Gasteiger partial charge in [-0.1, -0.05) is 30.3 Å². The first kappa shape index (κ1) is 14.1. The van der Waals surface area contributed by atoms with Crippen LogP contribution in [0.4, 0.5) is 14.5 Å². The Bertz CT molecular complexity index is 764. The van der Waals surface area contributed by atoms with Crippen LogP contribution in [0.5, 0.6) is 0 Å². The molecule has 0 spiro atoms. The molecule has 0 radical (unpaired) electrons. The lowest BCUT2D eigenvalue weighted by Crippen LogP contribution is -2.29. The summed E-state index contributed by atoms with van der Waals surface area (Å²) in [7, 11) is 0. The minimum absolute atomic E-state index is 0.0914. The van der Waals surface area contributed by atoms with Crippen molar-refractivity contribution >= 4 is 23.6 Å². The molecule has 1 aliphatic rings. The SMILES string of the molecule is O=C1C/C(=C\c2ccccc2)C(=O)N1c1cc(F)cc(F)c1. The monoisotopic (exact) mass is 299 g/mol. The average molecular weight is 299 g/mol. The Labute approximate surface area is 125 Å². The van der Waals surface area contributed by atoms with E-state index in [0.717, 1.165) is 22.6 Å². The van der Waals surface area contributed by atoms with Gasteiger partial charge in [0.25, 0.3) is 5.91 Å². The maximum Gasteiger partial charge on any atom is 0.261 e. The third-order valence-electron chi connectivity index (χ3n) is 3.31. The van der Waals surface area contributed by atoms with Gasteiger partial charge in [0, 0.05) is 11.6 Å². The lowest BCUT2D eigenvalue weighted by molar-refractivity contribution is -0.120. The van der Waals surface area contributed by atoms with Crippen LogP contribution in [0.2, 0.25) is 0 Å². The van der Waals surface area contributed by atoms with Gasteiger partial charge in [-0.15, -0.1) is 0 Å². The number of imide groups is 1. The molecule has 0 aromatic heterocycles. The highest BCUT2D eigenvalue weighted by Crippen LogP contribution is 2.28. The smallest absolute Gasteiger partial charge is 0.261 e. The summed E-state index contributed by atoms with van der Waals surface area (Å²) in [5.41, 5.74) is 0.982. The molecule has 0 saturated carbocycles. The zero-order valence-corrected chi connectivity index (χ0v) is 11.4. The number of carbonyl (C=O) groups is 2. The van der Waals surface area contributed by atoms with Gasteiger partial charge in [-0.25, -0.2) is 13.7 Å². The maximum atomic E-state index is 13.3. The number of rotatable bonds is 2. The predicted molar refractivity (Wildman–Crippen MR) is 77.9 cm³/mol. The topological polar surface area (TPSA) is 37.4 Å². The quantitative estimate of drug-likeness (QED) is 0.630. The van der Waals surface area contributed by atoms with E-state index in [1.165, 1.54) is 0 Å². The highest BCUT2D eigenvalue weighted by atomic mass is 19.1. The second-order valence-electron chi connectivity index (χ2n) is 4.92. The molecule has 22 heavy (non-hydrogen) atoms. The van der Waals surface area contributed by atoms with E-state index in [0.29, 0.717) is 11.6 Å². The Hall–Kier alpha value is -2.82. The molecule has 3 nitrogen and oxygen atoms in total. The minimum Gasteiger partial charge on any atom is -0.274 e. The van der Waals surface area contributed by atoms with Gasteiger partial charge in [-0.2, -0.15) is 0 Å². The number of anilines is 1. The van der Waals surface area contributed by atoms with Gasteiger partial charge in [0.2, 0.25) is 5.91 Å². The molecule has 0 unspecified atom stereocenters. The van der Waals surface area contributed by atoms with E-state index in [4.69, 9.17) is 0 Å². The van der Waals surface area contributed by atoms with Crippen LogP contribution >= 0.6 is 0 Å². The Morgan fingerprint density at radius 1 is 0.955 bits per heavy atom. The molecule has 110 valence electrons. The summed E-state index contributed by atoms with van der Waals surface area (Å²) in [5.74, 6) is -2.73. The van der Waals surface area contributed by atoms with E-state index < -0.39 is 23.4 Å². The van der Waals surface area contributed by atoms with Gasteiger partial charge in [0.15, 0.2) is 0 Å². The second-order valence-corrected chi connectivity index (χ2v) is 4.92. The molecule has 1 heterocycles. The summed E-state index contributed by atoms with van der Waals surface area (Å²) in [5, 5.41) is 0. The van der Waals surface area contributed by atoms with E-state index in [1.54, 1.807) is 18.2 Å². The summed E-state index contributed by atoms with van der Waals surface area (Å²) in [6.45, 7) is 0. The second kappa shape index (κ2) is 5.52. The molecule has 1 saturated heterocycles. The fraction of sp³-hybridized carbons (Fsp3) is 0.0588. The van der Waals surface area contributed by atoms with E-state index in [2.05, 4.69) is 0 Å². The molecule has 1 aliphatic heterocycles. The van der Waals surface area contributed by atoms with Gasteiger partial charge in [0.1, 0.15) is 11.6 Å². The number of hydrogen-bond donors (Lipinski definition) is 0. The third-order valence-corrected chi connectivity index (χ3v) is 3.31. The Balaban J connectivity index is 1.97. The van der Waals surface area contributed by atoms with Crippen molar-refractivity contribution in [2.24, 2.45) is 0 Å². The Morgan fingerprint density at radius 2 is 1.59 bits per heavy atom. The van der Waals surface area contributed by atoms with Crippen molar-refractivity contribution in [3.63, 3.8) is 0 Å². The van der Waals surface area contributed by atoms with Crippen LogP contribution in [0.1, 0.15) is 12.0 Å². The van der Waals surface area contributed by atoms with Crippen molar-refractivity contribution < 1.29 is 18.4 Å². The maximum absolute atomic E-state index is 13.3. The lowest BCUT2D eigenvalue weighted by atomic mass is 10.1. The number of carbonyl (C=O) groups excluding carboxylic acids is 2. The molecule has 3 rings (SSSR count). The molecule has 0 atom stereocenters. The summed E-state index contributed by atoms with van der Waals surface area (Å²) in [6.07, 6.45) is 1.52. The van der Waals surface area contributed by atoms with Crippen LogP contribution in [-0.2, 0) is 9.59 Å². The van der Waals surface area contributed by atoms with Crippen LogP contribution in [0, 0.1) is 11.6 Å². The summed E-state index contributed by atoms with van der Waals surface area (Å²) < 4.78 is 26.6. The summed E-state index contributed by atoms with van der Waals surface area (Å²) >= 11 is 0. The highest BCUT2D eigenvalue weighted by Gasteiger charge is 2.35. The number of benzene rings is 2. The zero-order chi connectivity index (χ0) is 15.7. The third kappa shape index (κ3) is 2.65. The lowest BCUT2D eigenvalue weighted by Gasteiger charge is -2.13. The van der Waals surface area contributed by atoms with Gasteiger partial charge in [-0.05, 0) is 23.8 Å². The molecule has 5 heteroatoms. The molecule has 2 aromatic carbocycles. The molecular formula is C17H11F2NO2. The number of halogens is 2. The van der Waals surface area contributed by atoms with E-state index in [-0.39, 0.29) is 12.1 Å². The minimum atomic E-state index is -0.837. The van der Waals surface area contributed by atoms with E-state index in [9.17, 15) is 18.4 Å². The molecule has 2 amide bonds. The zero-order valence-electron chi connectivity index (χ0n) is 11.4. The average Bonchev–Trinajstić information content (AvgIpc) is 2.73. The van der Waals surface area contributed by atoms with Gasteiger partial charge >= 0.3 is 0 Å². The first-order valence-electron chi connectivity index (χ1n) is 6.63. The van der Waals surface area contributed by atoms with E-state index >= 15 is 0 Å². The van der Waals surface area contributed by atoms with Crippen molar-refractivity contribution in [2.75, 3.05) is 4.90 Å². The van der Waals surface area contributed by atoms with Crippen LogP contribution in [0.25, 0.3) is 6.08 Å². The van der Waals surface area contributed by atoms with Gasteiger partial charge in [-0.3, -0.25) is 9.59 Å². The molecule has 0 N–H and O–H groups in total. The van der Waals surface area contributed by atoms with Crippen molar-refractivity contribution in [2.45, 2.75) is 6.42 Å². The first-order valence-corrected chi connectivity index (χ1v) is 6.63. The predicted octanol–water partition coefficient (Wildman–Crippen LogP) is 3.31. The van der Waals surface area contributed by atoms with Gasteiger partial charge in [0.05, 0.1) is 12.1 Å². The standard InChI is InChI=1S/C17H11F2NO2/c18-13-8-14(19)10-15(9-13)20-16(21)7-12(17(20)22)6-11-4-2-1-3-5-11/h1-6,8-10H,7H2/b12-6+. The van der Waals surface area contributed by atoms with Crippen molar-refractivity contribution in [3.05, 3.63) is 71.3 Å². The summed E-state index contributed by atoms with van der Waals surface area (Å²) in [6, 6.07) is 11.7. The number of nitrogens with zero attached hydrogens (tertiary/aromatic N) is 1. The van der Waals surface area contributed by atoms with Crippen molar-refractivity contribution in [3.8, 4) is 0 Å². The number of amides is 2. The van der Waals surface area contributed by atoms with E-state index in [1.807, 2.05) is 18.2 Å². The Morgan fingerprint density at radius 3 is 2.23 bits per heavy atom. The largest absolute Gasteiger partial charge is 0.274 e. The van der Waals surface area contributed by atoms with Crippen LogP contribution in [-0.4, -0.2) is 11.8 Å². The van der Waals surface area contributed by atoms with Crippen LogP contribution in [0.3, 0.4) is 0 Å². The van der Waals surface area contributed by atoms with Crippen molar-refractivity contribution in [1.29, 1.82) is 0 Å². The van der Waals surface area contributed by atoms with Crippen LogP contribution < -0.4 is 4.90 Å². The van der Waals surface area contributed by atoms with Crippen LogP contribution in [0.15, 0.2) is 54.1 Å². The first-order chi connectivity index (χ1) is 10.5. The fourth-order valence-electron chi connectivity index (χ4n) is 2.37. The molecular weight excluding hydrogens is 288 g/mol. The van der Waals surface area contributed by atoms with Gasteiger partial charge < -0.3 is 0 Å². The molecule has 1 fully saturated rings. The fourth-order valence-corrected chi connectivity index (χ4v) is 2.37. The normalized spacial score (nSPS) is 16.6. The Kier molecular flexibility index (Phi) is 3.55. The van der Waals surface area contributed by atoms with Crippen molar-refractivity contribution in [1.82, 2.24) is 0 Å². The molecule has 0 aliphatic carbocycles. The highest BCUT2D eigenvalue weighted by molar-refractivity contribution is 6.29. The molecule has 0 bridgehead atoms. The number of hydrogen-bond acceptors (Lipinski definition) is 2.